The topological polar surface area (TPSA) is 32.9 Å². The number of pyridine rings is 1. The highest BCUT2D eigenvalue weighted by Crippen LogP contribution is 2.14. The van der Waals surface area contributed by atoms with Gasteiger partial charge in [0, 0.05) is 5.39 Å². The van der Waals surface area contributed by atoms with Crippen LogP contribution in [0.3, 0.4) is 0 Å². The van der Waals surface area contributed by atoms with E-state index < -0.39 is 17.2 Å². The first-order valence-electron chi connectivity index (χ1n) is 3.66. The smallest absolute Gasteiger partial charge is 0.287 e. The molecule has 0 aliphatic carbocycles. The summed E-state index contributed by atoms with van der Waals surface area (Å²) in [5, 5.41) is 0.0830. The molecule has 0 spiro atoms. The van der Waals surface area contributed by atoms with Crippen molar-refractivity contribution in [3.8, 4) is 0 Å². The van der Waals surface area contributed by atoms with Crippen molar-refractivity contribution in [3.05, 3.63) is 46.3 Å². The molecule has 0 saturated carbocycles. The number of H-pyrrole nitrogens is 1. The van der Waals surface area contributed by atoms with Crippen molar-refractivity contribution in [1.29, 1.82) is 0 Å². The molecule has 1 aromatic heterocycles. The number of hydrogen-bond donors (Lipinski definition) is 1. The zero-order chi connectivity index (χ0) is 9.42. The van der Waals surface area contributed by atoms with Gasteiger partial charge >= 0.3 is 0 Å². The molecule has 0 atom stereocenters. The Morgan fingerprint density at radius 1 is 1.07 bits per heavy atom. The van der Waals surface area contributed by atoms with Crippen molar-refractivity contribution in [2.45, 2.75) is 0 Å². The Morgan fingerprint density at radius 3 is 2.43 bits per heavy atom. The first kappa shape index (κ1) is 10.7. The Bertz CT molecular complexity index is 524. The van der Waals surface area contributed by atoms with E-state index in [0.29, 0.717) is 5.52 Å². The Labute approximate surface area is 84.0 Å². The molecular formula is C9H6ClF2NO. The van der Waals surface area contributed by atoms with Crippen LogP contribution in [0.5, 0.6) is 0 Å². The molecule has 0 aliphatic heterocycles. The van der Waals surface area contributed by atoms with Gasteiger partial charge in [0.2, 0.25) is 5.82 Å². The fourth-order valence-corrected chi connectivity index (χ4v) is 1.18. The van der Waals surface area contributed by atoms with E-state index in [0.717, 1.165) is 0 Å². The van der Waals surface area contributed by atoms with Crippen molar-refractivity contribution < 1.29 is 8.78 Å². The van der Waals surface area contributed by atoms with E-state index in [9.17, 15) is 13.6 Å². The van der Waals surface area contributed by atoms with Crippen LogP contribution in [0.15, 0.2) is 29.1 Å². The minimum atomic E-state index is -1.36. The lowest BCUT2D eigenvalue weighted by atomic mass is 10.2. The number of aromatic amines is 1. The van der Waals surface area contributed by atoms with Crippen molar-refractivity contribution >= 4 is 23.3 Å². The van der Waals surface area contributed by atoms with Crippen LogP contribution in [0, 0.1) is 11.6 Å². The molecule has 14 heavy (non-hydrogen) atoms. The molecule has 2 rings (SSSR count). The van der Waals surface area contributed by atoms with E-state index >= 15 is 0 Å². The standard InChI is InChI=1S/C9H5F2NO.ClH/c10-7-5-3-1-2-4-6(5)12-9(13)8(7)11;/h1-4H,(H,12,13);1H. The maximum absolute atomic E-state index is 13.1. The minimum Gasteiger partial charge on any atom is -0.319 e. The quantitative estimate of drug-likeness (QED) is 0.721. The first-order valence-corrected chi connectivity index (χ1v) is 3.66. The molecule has 0 amide bonds. The number of hydrogen-bond acceptors (Lipinski definition) is 1. The molecule has 0 fully saturated rings. The van der Waals surface area contributed by atoms with Gasteiger partial charge in [-0.05, 0) is 12.1 Å². The van der Waals surface area contributed by atoms with Crippen molar-refractivity contribution in [2.75, 3.05) is 0 Å². The second-order valence-electron chi connectivity index (χ2n) is 2.63. The van der Waals surface area contributed by atoms with Gasteiger partial charge in [0.05, 0.1) is 5.52 Å². The third kappa shape index (κ3) is 1.48. The zero-order valence-corrected chi connectivity index (χ0v) is 7.70. The fourth-order valence-electron chi connectivity index (χ4n) is 1.18. The summed E-state index contributed by atoms with van der Waals surface area (Å²) in [6.07, 6.45) is 0. The maximum atomic E-state index is 13.1. The molecule has 1 heterocycles. The number of halogens is 3. The van der Waals surface area contributed by atoms with Gasteiger partial charge in [-0.1, -0.05) is 12.1 Å². The molecule has 0 aliphatic rings. The Hall–Kier alpha value is -1.42. The van der Waals surface area contributed by atoms with Gasteiger partial charge in [0.1, 0.15) is 0 Å². The van der Waals surface area contributed by atoms with Gasteiger partial charge in [0.25, 0.3) is 5.56 Å². The largest absolute Gasteiger partial charge is 0.319 e. The number of para-hydroxylation sites is 1. The Morgan fingerprint density at radius 2 is 1.71 bits per heavy atom. The third-order valence-electron chi connectivity index (χ3n) is 1.80. The zero-order valence-electron chi connectivity index (χ0n) is 6.88. The predicted molar refractivity (Wildman–Crippen MR) is 51.7 cm³/mol. The van der Waals surface area contributed by atoms with Crippen molar-refractivity contribution in [1.82, 2.24) is 4.98 Å². The van der Waals surface area contributed by atoms with Crippen molar-refractivity contribution in [3.63, 3.8) is 0 Å². The van der Waals surface area contributed by atoms with Gasteiger partial charge in [-0.25, -0.2) is 4.39 Å². The van der Waals surface area contributed by atoms with E-state index in [2.05, 4.69) is 4.98 Å². The van der Waals surface area contributed by atoms with Crippen LogP contribution in [-0.2, 0) is 0 Å². The average molecular weight is 218 g/mol. The highest BCUT2D eigenvalue weighted by atomic mass is 35.5. The Balaban J connectivity index is 0.000000980. The molecule has 1 N–H and O–H groups in total. The summed E-state index contributed by atoms with van der Waals surface area (Å²) in [6, 6.07) is 6.13. The molecule has 0 unspecified atom stereocenters. The lowest BCUT2D eigenvalue weighted by Crippen LogP contribution is -2.12. The van der Waals surface area contributed by atoms with E-state index in [-0.39, 0.29) is 17.8 Å². The van der Waals surface area contributed by atoms with E-state index in [1.54, 1.807) is 12.1 Å². The van der Waals surface area contributed by atoms with E-state index in [4.69, 9.17) is 0 Å². The molecule has 74 valence electrons. The van der Waals surface area contributed by atoms with Crippen LogP contribution in [0.1, 0.15) is 0 Å². The van der Waals surface area contributed by atoms with Gasteiger partial charge in [0.15, 0.2) is 5.82 Å². The van der Waals surface area contributed by atoms with E-state index in [1.807, 2.05) is 0 Å². The van der Waals surface area contributed by atoms with Crippen molar-refractivity contribution in [2.24, 2.45) is 0 Å². The summed E-state index contributed by atoms with van der Waals surface area (Å²) in [5.41, 5.74) is -0.734. The summed E-state index contributed by atoms with van der Waals surface area (Å²) < 4.78 is 25.8. The molecule has 1 aromatic carbocycles. The molecular weight excluding hydrogens is 212 g/mol. The molecule has 0 radical (unpaired) electrons. The predicted octanol–water partition coefficient (Wildman–Crippen LogP) is 2.23. The number of benzene rings is 1. The average Bonchev–Trinajstić information content (AvgIpc) is 2.15. The summed E-state index contributed by atoms with van der Waals surface area (Å²) in [7, 11) is 0. The first-order chi connectivity index (χ1) is 6.20. The maximum Gasteiger partial charge on any atom is 0.287 e. The molecule has 0 saturated heterocycles. The monoisotopic (exact) mass is 217 g/mol. The van der Waals surface area contributed by atoms with Crippen LogP contribution in [0.2, 0.25) is 0 Å². The fraction of sp³-hybridized carbons (Fsp3) is 0. The number of aromatic nitrogens is 1. The van der Waals surface area contributed by atoms with Crippen LogP contribution >= 0.6 is 12.4 Å². The van der Waals surface area contributed by atoms with E-state index in [1.165, 1.54) is 12.1 Å². The minimum absolute atomic E-state index is 0. The lowest BCUT2D eigenvalue weighted by Gasteiger charge is -1.98. The second kappa shape index (κ2) is 3.75. The summed E-state index contributed by atoms with van der Waals surface area (Å²) in [4.78, 5) is 13.0. The van der Waals surface area contributed by atoms with Crippen LogP contribution in [0.4, 0.5) is 8.78 Å². The van der Waals surface area contributed by atoms with Crippen LogP contribution < -0.4 is 5.56 Å². The number of rotatable bonds is 0. The van der Waals surface area contributed by atoms with Crippen LogP contribution in [-0.4, -0.2) is 4.98 Å². The third-order valence-corrected chi connectivity index (χ3v) is 1.80. The van der Waals surface area contributed by atoms with Crippen LogP contribution in [0.25, 0.3) is 10.9 Å². The highest BCUT2D eigenvalue weighted by Gasteiger charge is 2.10. The Kier molecular flexibility index (Phi) is 2.86. The molecule has 2 nitrogen and oxygen atoms in total. The SMILES string of the molecule is Cl.O=c1[nH]c2ccccc2c(F)c1F. The normalized spacial score (nSPS) is 9.86. The molecule has 5 heteroatoms. The number of fused-ring (bicyclic) bond motifs is 1. The van der Waals surface area contributed by atoms with Gasteiger partial charge < -0.3 is 4.98 Å². The summed E-state index contributed by atoms with van der Waals surface area (Å²) in [5.74, 6) is -2.46. The molecule has 0 bridgehead atoms. The second-order valence-corrected chi connectivity index (χ2v) is 2.63. The van der Waals surface area contributed by atoms with Gasteiger partial charge in [-0.15, -0.1) is 12.4 Å². The van der Waals surface area contributed by atoms with Gasteiger partial charge in [-0.2, -0.15) is 4.39 Å². The lowest BCUT2D eigenvalue weighted by molar-refractivity contribution is 0.505. The molecule has 2 aromatic rings. The summed E-state index contributed by atoms with van der Waals surface area (Å²) in [6.45, 7) is 0. The number of nitrogens with one attached hydrogen (secondary N) is 1. The highest BCUT2D eigenvalue weighted by molar-refractivity contribution is 5.85. The van der Waals surface area contributed by atoms with Gasteiger partial charge in [-0.3, -0.25) is 4.79 Å². The summed E-state index contributed by atoms with van der Waals surface area (Å²) >= 11 is 0.